The number of nitrogens with zero attached hydrogens (tertiary/aromatic N) is 4. The molecule has 0 spiro atoms. The van der Waals surface area contributed by atoms with E-state index >= 15 is 0 Å². The Morgan fingerprint density at radius 2 is 1.72 bits per heavy atom. The molecular weight excluding hydrogens is 594 g/mol. The molecule has 1 saturated heterocycles. The van der Waals surface area contributed by atoms with E-state index < -0.39 is 64.9 Å². The van der Waals surface area contributed by atoms with Gasteiger partial charge in [0.05, 0.1) is 12.5 Å². The number of aromatic nitrogens is 4. The van der Waals surface area contributed by atoms with Crippen LogP contribution < -0.4 is 21.3 Å². The third kappa shape index (κ3) is 8.46. The van der Waals surface area contributed by atoms with Crippen LogP contribution in [0.1, 0.15) is 92.3 Å². The van der Waals surface area contributed by atoms with Crippen molar-refractivity contribution in [3.05, 3.63) is 5.82 Å². The molecule has 2 heterocycles. The van der Waals surface area contributed by atoms with E-state index in [1.165, 1.54) is 0 Å². The van der Waals surface area contributed by atoms with Gasteiger partial charge in [0.25, 0.3) is 5.91 Å². The largest absolute Gasteiger partial charge is 0.347 e. The smallest absolute Gasteiger partial charge is 0.289 e. The van der Waals surface area contributed by atoms with E-state index in [1.54, 1.807) is 18.7 Å². The van der Waals surface area contributed by atoms with E-state index in [-0.39, 0.29) is 36.0 Å². The Kier molecular flexibility index (Phi) is 11.1. The van der Waals surface area contributed by atoms with Gasteiger partial charge in [0.2, 0.25) is 29.4 Å². The van der Waals surface area contributed by atoms with E-state index in [1.807, 2.05) is 27.7 Å². The van der Waals surface area contributed by atoms with Crippen molar-refractivity contribution in [2.75, 3.05) is 6.54 Å². The number of tetrazole rings is 1. The Morgan fingerprint density at radius 3 is 2.30 bits per heavy atom. The van der Waals surface area contributed by atoms with Gasteiger partial charge >= 0.3 is 0 Å². The van der Waals surface area contributed by atoms with Gasteiger partial charge in [0.15, 0.2) is 5.82 Å². The molecule has 1 aromatic heterocycles. The monoisotopic (exact) mass is 643 g/mol. The summed E-state index contributed by atoms with van der Waals surface area (Å²) in [7, 11) is 0. The fraction of sp³-hybridized carbons (Fsp3) is 0.774. The van der Waals surface area contributed by atoms with Gasteiger partial charge in [-0.2, -0.15) is 5.21 Å². The van der Waals surface area contributed by atoms with Crippen molar-refractivity contribution >= 4 is 35.3 Å². The van der Waals surface area contributed by atoms with Crippen LogP contribution in [0.15, 0.2) is 0 Å². The predicted molar refractivity (Wildman–Crippen MR) is 165 cm³/mol. The molecular formula is C31H49N9O6. The van der Waals surface area contributed by atoms with Crippen molar-refractivity contribution in [1.82, 2.24) is 46.8 Å². The lowest BCUT2D eigenvalue weighted by atomic mass is 9.85. The quantitative estimate of drug-likeness (QED) is 0.175. The zero-order valence-electron chi connectivity index (χ0n) is 27.7. The van der Waals surface area contributed by atoms with Crippen molar-refractivity contribution in [1.29, 1.82) is 0 Å². The van der Waals surface area contributed by atoms with Crippen LogP contribution in [0.4, 0.5) is 0 Å². The van der Waals surface area contributed by atoms with Crippen LogP contribution in [0.3, 0.4) is 0 Å². The molecule has 6 atom stereocenters. The lowest BCUT2D eigenvalue weighted by Crippen LogP contribution is -2.62. The average Bonchev–Trinajstić information content (AvgIpc) is 3.32. The number of amides is 5. The van der Waals surface area contributed by atoms with Crippen molar-refractivity contribution in [3.63, 3.8) is 0 Å². The van der Waals surface area contributed by atoms with Gasteiger partial charge in [-0.25, -0.2) is 0 Å². The van der Waals surface area contributed by atoms with Gasteiger partial charge in [-0.15, -0.1) is 10.2 Å². The second-order valence-electron chi connectivity index (χ2n) is 14.4. The topological polar surface area (TPSA) is 208 Å². The normalized spacial score (nSPS) is 22.8. The Balaban J connectivity index is 1.51. The molecule has 15 nitrogen and oxygen atoms in total. The summed E-state index contributed by atoms with van der Waals surface area (Å²) in [6.07, 6.45) is 4.93. The minimum atomic E-state index is -1.01. The number of fused-ring (bicyclic) bond motifs is 1. The fourth-order valence-corrected chi connectivity index (χ4v) is 6.53. The third-order valence-corrected chi connectivity index (χ3v) is 9.16. The van der Waals surface area contributed by atoms with Gasteiger partial charge in [-0.05, 0) is 55.3 Å². The number of aromatic amines is 1. The summed E-state index contributed by atoms with van der Waals surface area (Å²) in [6.45, 7) is 11.3. The minimum Gasteiger partial charge on any atom is -0.347 e. The van der Waals surface area contributed by atoms with Gasteiger partial charge in [-0.1, -0.05) is 59.6 Å². The van der Waals surface area contributed by atoms with E-state index in [0.717, 1.165) is 32.1 Å². The molecule has 3 unspecified atom stereocenters. The Morgan fingerprint density at radius 1 is 1.00 bits per heavy atom. The van der Waals surface area contributed by atoms with Crippen LogP contribution >= 0.6 is 0 Å². The molecule has 0 radical (unpaired) electrons. The summed E-state index contributed by atoms with van der Waals surface area (Å²) in [5, 5.41) is 24.4. The zero-order chi connectivity index (χ0) is 33.8. The molecule has 1 aliphatic heterocycles. The summed E-state index contributed by atoms with van der Waals surface area (Å²) in [5.74, 6) is -3.34. The molecule has 46 heavy (non-hydrogen) atoms. The van der Waals surface area contributed by atoms with Crippen LogP contribution in [0.25, 0.3) is 0 Å². The summed E-state index contributed by atoms with van der Waals surface area (Å²) in [6, 6.07) is -3.78. The zero-order valence-corrected chi connectivity index (χ0v) is 27.7. The Labute approximate surface area is 269 Å². The van der Waals surface area contributed by atoms with E-state index in [0.29, 0.717) is 19.4 Å². The van der Waals surface area contributed by atoms with E-state index in [9.17, 15) is 28.8 Å². The molecule has 1 aromatic rings. The molecule has 5 amide bonds. The first-order valence-corrected chi connectivity index (χ1v) is 16.5. The number of hydrogen-bond donors (Lipinski definition) is 5. The molecule has 3 aliphatic rings. The minimum absolute atomic E-state index is 0.00948. The number of carbonyl (C=O) groups excluding carboxylic acids is 6. The lowest BCUT2D eigenvalue weighted by Gasteiger charge is -2.37. The molecule has 254 valence electrons. The predicted octanol–water partition coefficient (Wildman–Crippen LogP) is 0.174. The van der Waals surface area contributed by atoms with Crippen LogP contribution in [-0.2, 0) is 35.2 Å². The van der Waals surface area contributed by atoms with Crippen LogP contribution in [0.5, 0.6) is 0 Å². The average molecular weight is 644 g/mol. The van der Waals surface area contributed by atoms with Crippen LogP contribution in [-0.4, -0.2) is 97.6 Å². The Bertz CT molecular complexity index is 1290. The number of Topliss-reactive ketones (excluding diaryl/α,β-unsaturated/α-hetero) is 1. The molecule has 4 rings (SSSR count). The summed E-state index contributed by atoms with van der Waals surface area (Å²) in [4.78, 5) is 81.8. The number of carbonyl (C=O) groups is 6. The number of H-pyrrole nitrogens is 1. The SMILES string of the molecule is CCCC(NC(=O)[C@@H]1C2CCCC2CN1C(=O)[C@@H](NC(=O)[C@@H](NC(=O)Cc1nn[nH]n1)C(C)C)C(C)(C)C)C(=O)C(=O)NC1CC1. The second-order valence-corrected chi connectivity index (χ2v) is 14.4. The van der Waals surface area contributed by atoms with Gasteiger partial charge < -0.3 is 26.2 Å². The van der Waals surface area contributed by atoms with Gasteiger partial charge in [-0.3, -0.25) is 28.8 Å². The van der Waals surface area contributed by atoms with Crippen molar-refractivity contribution in [2.24, 2.45) is 23.2 Å². The Hall–Kier alpha value is -3.91. The third-order valence-electron chi connectivity index (χ3n) is 9.16. The standard InChI is InChI=1S/C31H49N9O6/c1-7-9-20(25(42)29(45)32-18-12-13-18)33-28(44)24-19-11-8-10-17(19)15-40(24)30(46)26(31(4,5)6)35-27(43)23(16(2)3)34-22(41)14-21-36-38-39-37-21/h16-20,23-24,26H,7-15H2,1-6H3,(H,32,45)(H,33,44)(H,34,41)(H,35,43)(H,36,37,38,39)/t17?,19?,20?,23-,24-,26+/m0/s1. The first-order chi connectivity index (χ1) is 21.7. The van der Waals surface area contributed by atoms with Crippen molar-refractivity contribution < 1.29 is 28.8 Å². The maximum absolute atomic E-state index is 14.4. The molecule has 15 heteroatoms. The first kappa shape index (κ1) is 35.0. The molecule has 2 aliphatic carbocycles. The van der Waals surface area contributed by atoms with Crippen LogP contribution in [0.2, 0.25) is 0 Å². The van der Waals surface area contributed by atoms with Gasteiger partial charge in [0.1, 0.15) is 18.1 Å². The number of likely N-dealkylation sites (tertiary alicyclic amines) is 1. The molecule has 5 N–H and O–H groups in total. The summed E-state index contributed by atoms with van der Waals surface area (Å²) >= 11 is 0. The number of nitrogens with one attached hydrogen (secondary N) is 5. The lowest BCUT2D eigenvalue weighted by molar-refractivity contribution is -0.146. The van der Waals surface area contributed by atoms with Crippen molar-refractivity contribution in [2.45, 2.75) is 123 Å². The molecule has 2 saturated carbocycles. The highest BCUT2D eigenvalue weighted by Gasteiger charge is 2.52. The maximum atomic E-state index is 14.4. The highest BCUT2D eigenvalue weighted by atomic mass is 16.2. The second kappa shape index (κ2) is 14.7. The van der Waals surface area contributed by atoms with Crippen molar-refractivity contribution in [3.8, 4) is 0 Å². The number of ketones is 1. The van der Waals surface area contributed by atoms with E-state index in [2.05, 4.69) is 41.9 Å². The first-order valence-electron chi connectivity index (χ1n) is 16.5. The summed E-state index contributed by atoms with van der Waals surface area (Å²) < 4.78 is 0. The molecule has 3 fully saturated rings. The molecule has 0 aromatic carbocycles. The van der Waals surface area contributed by atoms with Crippen LogP contribution in [0, 0.1) is 23.2 Å². The summed E-state index contributed by atoms with van der Waals surface area (Å²) in [5.41, 5.74) is -0.747. The number of rotatable bonds is 14. The van der Waals surface area contributed by atoms with Gasteiger partial charge in [0, 0.05) is 12.6 Å². The highest BCUT2D eigenvalue weighted by molar-refractivity contribution is 6.38. The van der Waals surface area contributed by atoms with E-state index in [4.69, 9.17) is 0 Å². The highest BCUT2D eigenvalue weighted by Crippen LogP contribution is 2.43. The number of hydrogen-bond acceptors (Lipinski definition) is 9. The molecule has 0 bridgehead atoms. The maximum Gasteiger partial charge on any atom is 0.289 e. The fourth-order valence-electron chi connectivity index (χ4n) is 6.53.